The number of fused-ring (bicyclic) bond motifs is 1. The quantitative estimate of drug-likeness (QED) is 0.808. The molecule has 2 aromatic rings. The Morgan fingerprint density at radius 1 is 1.07 bits per heavy atom. The minimum Gasteiger partial charge on any atom is -0.375 e. The molecule has 0 fully saturated rings. The van der Waals surface area contributed by atoms with Gasteiger partial charge in [-0.05, 0) is 23.5 Å². The van der Waals surface area contributed by atoms with Crippen LogP contribution >= 0.6 is 0 Å². The van der Waals surface area contributed by atoms with Crippen LogP contribution in [0, 0.1) is 0 Å². The molecule has 1 heterocycles. The van der Waals surface area contributed by atoms with Crippen molar-refractivity contribution in [2.45, 2.75) is 51.6 Å². The van der Waals surface area contributed by atoms with Crippen LogP contribution in [-0.2, 0) is 15.8 Å². The Morgan fingerprint density at radius 3 is 2.30 bits per heavy atom. The highest BCUT2D eigenvalue weighted by Crippen LogP contribution is 2.42. The standard InChI is InChI=1S/C23H27NO3/c1-5-14-24-19-9-7-6-8-18(19)23(27,21(24)26)15-20(25)16-10-12-17(13-11-16)22(2,3)4/h6-13,27H,5,14-15H2,1-4H3. The minimum atomic E-state index is -1.80. The maximum atomic E-state index is 13.0. The molecule has 27 heavy (non-hydrogen) atoms. The molecule has 4 nitrogen and oxygen atoms in total. The highest BCUT2D eigenvalue weighted by molar-refractivity contribution is 6.10. The number of para-hydroxylation sites is 1. The third kappa shape index (κ3) is 3.42. The van der Waals surface area contributed by atoms with Gasteiger partial charge in [0.15, 0.2) is 11.4 Å². The van der Waals surface area contributed by atoms with Crippen molar-refractivity contribution >= 4 is 17.4 Å². The topological polar surface area (TPSA) is 57.6 Å². The first kappa shape index (κ1) is 19.3. The van der Waals surface area contributed by atoms with Gasteiger partial charge in [-0.15, -0.1) is 0 Å². The Morgan fingerprint density at radius 2 is 1.70 bits per heavy atom. The molecule has 1 aliphatic heterocycles. The SMILES string of the molecule is CCCN1C(=O)C(O)(CC(=O)c2ccc(C(C)(C)C)cc2)c2ccccc21. The number of Topliss-reactive ketones (excluding diaryl/α,β-unsaturated/α-hetero) is 1. The number of hydrogen-bond acceptors (Lipinski definition) is 3. The summed E-state index contributed by atoms with van der Waals surface area (Å²) in [5.74, 6) is -0.648. The van der Waals surface area contributed by atoms with Crippen molar-refractivity contribution in [1.82, 2.24) is 0 Å². The van der Waals surface area contributed by atoms with Crippen LogP contribution in [0.2, 0.25) is 0 Å². The van der Waals surface area contributed by atoms with Crippen molar-refractivity contribution in [2.75, 3.05) is 11.4 Å². The lowest BCUT2D eigenvalue weighted by molar-refractivity contribution is -0.135. The number of anilines is 1. The molecule has 0 saturated heterocycles. The first-order valence-electron chi connectivity index (χ1n) is 9.46. The van der Waals surface area contributed by atoms with E-state index in [1.807, 2.05) is 31.2 Å². The Balaban J connectivity index is 1.90. The molecule has 1 N–H and O–H groups in total. The molecule has 0 aliphatic carbocycles. The van der Waals surface area contributed by atoms with E-state index in [4.69, 9.17) is 0 Å². The van der Waals surface area contributed by atoms with Gasteiger partial charge in [-0.2, -0.15) is 0 Å². The van der Waals surface area contributed by atoms with E-state index in [-0.39, 0.29) is 17.6 Å². The number of benzene rings is 2. The van der Waals surface area contributed by atoms with Crippen LogP contribution in [-0.4, -0.2) is 23.3 Å². The van der Waals surface area contributed by atoms with Crippen LogP contribution in [0.25, 0.3) is 0 Å². The number of rotatable bonds is 5. The Kier molecular flexibility index (Phi) is 4.96. The minimum absolute atomic E-state index is 0.000785. The summed E-state index contributed by atoms with van der Waals surface area (Å²) in [6, 6.07) is 14.6. The monoisotopic (exact) mass is 365 g/mol. The molecule has 3 rings (SSSR count). The van der Waals surface area contributed by atoms with Crippen molar-refractivity contribution in [2.24, 2.45) is 0 Å². The van der Waals surface area contributed by atoms with Crippen molar-refractivity contribution in [3.63, 3.8) is 0 Å². The van der Waals surface area contributed by atoms with Crippen LogP contribution < -0.4 is 4.90 Å². The van der Waals surface area contributed by atoms with Crippen molar-refractivity contribution in [3.05, 3.63) is 65.2 Å². The predicted molar refractivity (Wildman–Crippen MR) is 107 cm³/mol. The molecule has 4 heteroatoms. The third-order valence-corrected chi connectivity index (χ3v) is 5.18. The van der Waals surface area contributed by atoms with E-state index in [9.17, 15) is 14.7 Å². The number of carbonyl (C=O) groups excluding carboxylic acids is 2. The highest BCUT2D eigenvalue weighted by atomic mass is 16.3. The molecular weight excluding hydrogens is 338 g/mol. The van der Waals surface area contributed by atoms with E-state index in [1.54, 1.807) is 29.2 Å². The lowest BCUT2D eigenvalue weighted by Gasteiger charge is -2.23. The normalized spacial score (nSPS) is 19.3. The molecule has 1 amide bonds. The van der Waals surface area contributed by atoms with E-state index in [0.29, 0.717) is 23.4 Å². The Labute approximate surface area is 160 Å². The van der Waals surface area contributed by atoms with Crippen LogP contribution in [0.3, 0.4) is 0 Å². The molecule has 1 unspecified atom stereocenters. The summed E-state index contributed by atoms with van der Waals surface area (Å²) >= 11 is 0. The van der Waals surface area contributed by atoms with Gasteiger partial charge < -0.3 is 10.0 Å². The summed E-state index contributed by atoms with van der Waals surface area (Å²) in [6.45, 7) is 8.84. The summed E-state index contributed by atoms with van der Waals surface area (Å²) in [4.78, 5) is 27.4. The molecular formula is C23H27NO3. The first-order valence-corrected chi connectivity index (χ1v) is 9.46. The molecule has 0 saturated carbocycles. The van der Waals surface area contributed by atoms with Crippen molar-refractivity contribution in [1.29, 1.82) is 0 Å². The van der Waals surface area contributed by atoms with E-state index in [2.05, 4.69) is 20.8 Å². The average molecular weight is 365 g/mol. The third-order valence-electron chi connectivity index (χ3n) is 5.18. The summed E-state index contributed by atoms with van der Waals surface area (Å²) in [7, 11) is 0. The molecule has 2 aromatic carbocycles. The number of amides is 1. The summed E-state index contributed by atoms with van der Waals surface area (Å²) in [5.41, 5.74) is 1.06. The molecule has 1 atom stereocenters. The number of ketones is 1. The fourth-order valence-electron chi connectivity index (χ4n) is 3.61. The van der Waals surface area contributed by atoms with Gasteiger partial charge in [0.2, 0.25) is 0 Å². The van der Waals surface area contributed by atoms with Gasteiger partial charge in [0.05, 0.1) is 12.1 Å². The second-order valence-corrected chi connectivity index (χ2v) is 8.26. The average Bonchev–Trinajstić information content (AvgIpc) is 2.84. The number of hydrogen-bond donors (Lipinski definition) is 1. The number of carbonyl (C=O) groups is 2. The lowest BCUT2D eigenvalue weighted by Crippen LogP contribution is -2.42. The summed E-state index contributed by atoms with van der Waals surface area (Å²) < 4.78 is 0. The van der Waals surface area contributed by atoms with E-state index >= 15 is 0 Å². The number of aliphatic hydroxyl groups is 1. The Hall–Kier alpha value is -2.46. The van der Waals surface area contributed by atoms with Gasteiger partial charge in [-0.25, -0.2) is 0 Å². The second kappa shape index (κ2) is 6.93. The van der Waals surface area contributed by atoms with Gasteiger partial charge in [0.25, 0.3) is 5.91 Å². The van der Waals surface area contributed by atoms with Crippen LogP contribution in [0.15, 0.2) is 48.5 Å². The van der Waals surface area contributed by atoms with Gasteiger partial charge in [0, 0.05) is 17.7 Å². The van der Waals surface area contributed by atoms with Crippen LogP contribution in [0.1, 0.15) is 62.0 Å². The van der Waals surface area contributed by atoms with Crippen LogP contribution in [0.5, 0.6) is 0 Å². The van der Waals surface area contributed by atoms with E-state index in [1.165, 1.54) is 0 Å². The molecule has 142 valence electrons. The van der Waals surface area contributed by atoms with Gasteiger partial charge in [0.1, 0.15) is 0 Å². The largest absolute Gasteiger partial charge is 0.375 e. The van der Waals surface area contributed by atoms with Gasteiger partial charge in [-0.1, -0.05) is 70.2 Å². The molecule has 0 spiro atoms. The fraction of sp³-hybridized carbons (Fsp3) is 0.391. The van der Waals surface area contributed by atoms with E-state index in [0.717, 1.165) is 12.0 Å². The molecule has 0 radical (unpaired) electrons. The molecule has 1 aliphatic rings. The fourth-order valence-corrected chi connectivity index (χ4v) is 3.61. The highest BCUT2D eigenvalue weighted by Gasteiger charge is 2.50. The predicted octanol–water partition coefficient (Wildman–Crippen LogP) is 4.20. The maximum absolute atomic E-state index is 13.0. The molecule has 0 bridgehead atoms. The lowest BCUT2D eigenvalue weighted by atomic mass is 9.85. The number of nitrogens with zero attached hydrogens (tertiary/aromatic N) is 1. The van der Waals surface area contributed by atoms with Crippen LogP contribution in [0.4, 0.5) is 5.69 Å². The van der Waals surface area contributed by atoms with Gasteiger partial charge >= 0.3 is 0 Å². The van der Waals surface area contributed by atoms with Gasteiger partial charge in [-0.3, -0.25) is 9.59 Å². The maximum Gasteiger partial charge on any atom is 0.264 e. The zero-order chi connectivity index (χ0) is 19.8. The smallest absolute Gasteiger partial charge is 0.264 e. The zero-order valence-electron chi connectivity index (χ0n) is 16.5. The Bertz CT molecular complexity index is 864. The van der Waals surface area contributed by atoms with Crippen molar-refractivity contribution in [3.8, 4) is 0 Å². The first-order chi connectivity index (χ1) is 12.7. The summed E-state index contributed by atoms with van der Waals surface area (Å²) in [6.07, 6.45) is 0.524. The zero-order valence-corrected chi connectivity index (χ0v) is 16.5. The molecule has 0 aromatic heterocycles. The second-order valence-electron chi connectivity index (χ2n) is 8.26. The summed E-state index contributed by atoms with van der Waals surface area (Å²) in [5, 5.41) is 11.2. The van der Waals surface area contributed by atoms with Crippen molar-refractivity contribution < 1.29 is 14.7 Å². The van der Waals surface area contributed by atoms with E-state index < -0.39 is 11.5 Å².